The smallest absolute Gasteiger partial charge is 0.249 e. The summed E-state index contributed by atoms with van der Waals surface area (Å²) in [5, 5.41) is 0. The van der Waals surface area contributed by atoms with E-state index < -0.39 is 0 Å². The summed E-state index contributed by atoms with van der Waals surface area (Å²) in [4.78, 5) is 7.99. The van der Waals surface area contributed by atoms with Gasteiger partial charge in [-0.15, -0.1) is 0 Å². The van der Waals surface area contributed by atoms with Crippen LogP contribution >= 0.6 is 0 Å². The number of benzene rings is 1. The molecule has 0 radical (unpaired) electrons. The minimum absolute atomic E-state index is 0.307. The van der Waals surface area contributed by atoms with E-state index in [-0.39, 0.29) is 0 Å². The van der Waals surface area contributed by atoms with Gasteiger partial charge in [-0.1, -0.05) is 6.07 Å². The summed E-state index contributed by atoms with van der Waals surface area (Å²) in [5.74, 6) is 1.34. The van der Waals surface area contributed by atoms with Crippen molar-refractivity contribution in [1.82, 2.24) is 9.97 Å². The van der Waals surface area contributed by atoms with E-state index >= 15 is 0 Å². The highest BCUT2D eigenvalue weighted by Crippen LogP contribution is 2.31. The third kappa shape index (κ3) is 2.93. The summed E-state index contributed by atoms with van der Waals surface area (Å²) in [6.07, 6.45) is 1.37. The Bertz CT molecular complexity index is 585. The summed E-state index contributed by atoms with van der Waals surface area (Å²) >= 11 is 0. The molecule has 0 unspecified atom stereocenters. The lowest BCUT2D eigenvalue weighted by Crippen LogP contribution is -2.03. The topological polar surface area (TPSA) is 70.3 Å². The van der Waals surface area contributed by atoms with Crippen LogP contribution in [0.15, 0.2) is 24.5 Å². The van der Waals surface area contributed by atoms with Crippen molar-refractivity contribution >= 4 is 5.69 Å². The number of ether oxygens (including phenoxy) is 2. The predicted molar refractivity (Wildman–Crippen MR) is 73.6 cm³/mol. The fraction of sp³-hybridized carbons (Fsp3) is 0.286. The van der Waals surface area contributed by atoms with Crippen molar-refractivity contribution in [1.29, 1.82) is 0 Å². The average Bonchev–Trinajstić information content (AvgIpc) is 2.39. The van der Waals surface area contributed by atoms with Crippen LogP contribution in [0.2, 0.25) is 0 Å². The lowest BCUT2D eigenvalue weighted by atomic mass is 10.1. The number of aromatic nitrogens is 2. The SMILES string of the molecule is CCOc1ncnc(Oc2ccc(C)c(C)c2)c1N. The summed E-state index contributed by atoms with van der Waals surface area (Å²) in [6.45, 7) is 6.43. The molecule has 0 spiro atoms. The summed E-state index contributed by atoms with van der Waals surface area (Å²) < 4.78 is 11.0. The summed E-state index contributed by atoms with van der Waals surface area (Å²) in [6, 6.07) is 5.81. The summed E-state index contributed by atoms with van der Waals surface area (Å²) in [7, 11) is 0. The van der Waals surface area contributed by atoms with E-state index in [0.29, 0.717) is 29.8 Å². The first-order valence-electron chi connectivity index (χ1n) is 6.10. The van der Waals surface area contributed by atoms with Gasteiger partial charge in [-0.2, -0.15) is 9.97 Å². The van der Waals surface area contributed by atoms with Crippen molar-refractivity contribution < 1.29 is 9.47 Å². The van der Waals surface area contributed by atoms with Gasteiger partial charge in [-0.3, -0.25) is 0 Å². The van der Waals surface area contributed by atoms with Crippen LogP contribution in [0.5, 0.6) is 17.5 Å². The van der Waals surface area contributed by atoms with Crippen LogP contribution in [-0.2, 0) is 0 Å². The zero-order valence-electron chi connectivity index (χ0n) is 11.3. The Morgan fingerprint density at radius 1 is 1.11 bits per heavy atom. The number of hydrogen-bond donors (Lipinski definition) is 1. The monoisotopic (exact) mass is 259 g/mol. The lowest BCUT2D eigenvalue weighted by Gasteiger charge is -2.11. The van der Waals surface area contributed by atoms with Crippen LogP contribution < -0.4 is 15.2 Å². The molecule has 0 amide bonds. The molecular formula is C14H17N3O2. The third-order valence-corrected chi connectivity index (χ3v) is 2.78. The number of nitrogen functional groups attached to an aromatic ring is 1. The van der Waals surface area contributed by atoms with Crippen molar-refractivity contribution in [3.8, 4) is 17.5 Å². The Hall–Kier alpha value is -2.30. The number of nitrogens with zero attached hydrogens (tertiary/aromatic N) is 2. The minimum Gasteiger partial charge on any atom is -0.476 e. The number of anilines is 1. The number of rotatable bonds is 4. The molecule has 0 saturated carbocycles. The second kappa shape index (κ2) is 5.56. The van der Waals surface area contributed by atoms with Crippen LogP contribution in [0.4, 0.5) is 5.69 Å². The zero-order valence-corrected chi connectivity index (χ0v) is 11.3. The molecular weight excluding hydrogens is 242 g/mol. The van der Waals surface area contributed by atoms with Crippen molar-refractivity contribution in [2.45, 2.75) is 20.8 Å². The molecule has 1 aromatic heterocycles. The molecule has 1 heterocycles. The predicted octanol–water partition coefficient (Wildman–Crippen LogP) is 2.87. The maximum absolute atomic E-state index is 5.91. The zero-order chi connectivity index (χ0) is 13.8. The molecule has 2 rings (SSSR count). The maximum atomic E-state index is 5.91. The Balaban J connectivity index is 2.27. The quantitative estimate of drug-likeness (QED) is 0.914. The lowest BCUT2D eigenvalue weighted by molar-refractivity contribution is 0.325. The first-order chi connectivity index (χ1) is 9.11. The first-order valence-corrected chi connectivity index (χ1v) is 6.10. The van der Waals surface area contributed by atoms with Crippen LogP contribution in [-0.4, -0.2) is 16.6 Å². The van der Waals surface area contributed by atoms with E-state index in [1.165, 1.54) is 11.9 Å². The molecule has 0 aliphatic heterocycles. The van der Waals surface area contributed by atoms with Crippen LogP contribution in [0, 0.1) is 13.8 Å². The fourth-order valence-electron chi connectivity index (χ4n) is 1.59. The Kier molecular flexibility index (Phi) is 3.85. The molecule has 0 saturated heterocycles. The van der Waals surface area contributed by atoms with Gasteiger partial charge < -0.3 is 15.2 Å². The van der Waals surface area contributed by atoms with Crippen LogP contribution in [0.1, 0.15) is 18.1 Å². The summed E-state index contributed by atoms with van der Waals surface area (Å²) in [5.41, 5.74) is 8.57. The molecule has 19 heavy (non-hydrogen) atoms. The van der Waals surface area contributed by atoms with E-state index in [4.69, 9.17) is 15.2 Å². The normalized spacial score (nSPS) is 10.3. The molecule has 5 nitrogen and oxygen atoms in total. The van der Waals surface area contributed by atoms with E-state index in [0.717, 1.165) is 5.56 Å². The van der Waals surface area contributed by atoms with Crippen molar-refractivity contribution in [2.24, 2.45) is 0 Å². The van der Waals surface area contributed by atoms with Crippen molar-refractivity contribution in [2.75, 3.05) is 12.3 Å². The molecule has 0 aliphatic carbocycles. The van der Waals surface area contributed by atoms with Crippen molar-refractivity contribution in [3.63, 3.8) is 0 Å². The van der Waals surface area contributed by atoms with E-state index in [9.17, 15) is 0 Å². The Morgan fingerprint density at radius 3 is 2.53 bits per heavy atom. The highest BCUT2D eigenvalue weighted by atomic mass is 16.5. The molecule has 5 heteroatoms. The molecule has 0 aliphatic rings. The number of nitrogens with two attached hydrogens (primary N) is 1. The van der Waals surface area contributed by atoms with Gasteiger partial charge in [0.1, 0.15) is 12.1 Å². The molecule has 1 aromatic carbocycles. The number of hydrogen-bond acceptors (Lipinski definition) is 5. The molecule has 2 aromatic rings. The second-order valence-electron chi connectivity index (χ2n) is 4.18. The van der Waals surface area contributed by atoms with Gasteiger partial charge >= 0.3 is 0 Å². The van der Waals surface area contributed by atoms with E-state index in [1.807, 2.05) is 39.0 Å². The fourth-order valence-corrected chi connectivity index (χ4v) is 1.59. The van der Waals surface area contributed by atoms with Gasteiger partial charge in [-0.05, 0) is 44.0 Å². The van der Waals surface area contributed by atoms with E-state index in [2.05, 4.69) is 9.97 Å². The van der Waals surface area contributed by atoms with Gasteiger partial charge in [0.15, 0.2) is 5.69 Å². The second-order valence-corrected chi connectivity index (χ2v) is 4.18. The van der Waals surface area contributed by atoms with Gasteiger partial charge in [0.05, 0.1) is 6.61 Å². The minimum atomic E-state index is 0.307. The molecule has 2 N–H and O–H groups in total. The van der Waals surface area contributed by atoms with Crippen molar-refractivity contribution in [3.05, 3.63) is 35.7 Å². The molecule has 0 atom stereocenters. The average molecular weight is 259 g/mol. The maximum Gasteiger partial charge on any atom is 0.249 e. The van der Waals surface area contributed by atoms with Gasteiger partial charge in [-0.25, -0.2) is 0 Å². The van der Waals surface area contributed by atoms with Gasteiger partial charge in [0, 0.05) is 0 Å². The highest BCUT2D eigenvalue weighted by molar-refractivity contribution is 5.57. The highest BCUT2D eigenvalue weighted by Gasteiger charge is 2.11. The standard InChI is InChI=1S/C14H17N3O2/c1-4-18-13-12(15)14(17-8-16-13)19-11-6-5-9(2)10(3)7-11/h5-8H,4,15H2,1-3H3. The first kappa shape index (κ1) is 13.1. The van der Waals surface area contributed by atoms with Gasteiger partial charge in [0.25, 0.3) is 0 Å². The van der Waals surface area contributed by atoms with Gasteiger partial charge in [0.2, 0.25) is 11.8 Å². The Morgan fingerprint density at radius 2 is 1.84 bits per heavy atom. The van der Waals surface area contributed by atoms with Crippen LogP contribution in [0.25, 0.3) is 0 Å². The molecule has 0 fully saturated rings. The largest absolute Gasteiger partial charge is 0.476 e. The third-order valence-electron chi connectivity index (χ3n) is 2.78. The Labute approximate surface area is 112 Å². The van der Waals surface area contributed by atoms with Crippen LogP contribution in [0.3, 0.4) is 0 Å². The number of aryl methyl sites for hydroxylation is 2. The molecule has 100 valence electrons. The van der Waals surface area contributed by atoms with E-state index in [1.54, 1.807) is 0 Å². The molecule has 0 bridgehead atoms.